The number of hydrogen-bond acceptors (Lipinski definition) is 3. The zero-order valence-electron chi connectivity index (χ0n) is 13.4. The maximum Gasteiger partial charge on any atom is 0.270 e. The summed E-state index contributed by atoms with van der Waals surface area (Å²) in [5.74, 6) is -0.135. The second-order valence-electron chi connectivity index (χ2n) is 5.11. The van der Waals surface area contributed by atoms with Crippen molar-refractivity contribution >= 4 is 28.5 Å². The number of hydrogen-bond donors (Lipinski definition) is 0. The average molecular weight is 295 g/mol. The van der Waals surface area contributed by atoms with Crippen molar-refractivity contribution < 1.29 is 7.54 Å². The fourth-order valence-electron chi connectivity index (χ4n) is 2.56. The molecular formula is C14H17ClN4O. The summed E-state index contributed by atoms with van der Waals surface area (Å²) in [6, 6.07) is 1.66. The Balaban J connectivity index is 2.18. The van der Waals surface area contributed by atoms with Gasteiger partial charge in [-0.1, -0.05) is 12.8 Å². The summed E-state index contributed by atoms with van der Waals surface area (Å²) in [7, 11) is 3.39. The normalized spacial score (nSPS) is 27.4. The van der Waals surface area contributed by atoms with Crippen molar-refractivity contribution in [2.24, 2.45) is 0 Å². The lowest BCUT2D eigenvalue weighted by molar-refractivity contribution is 0.0815. The first-order chi connectivity index (χ1) is 10.4. The van der Waals surface area contributed by atoms with Crippen molar-refractivity contribution in [3.05, 3.63) is 23.2 Å². The monoisotopic (exact) mass is 294 g/mol. The van der Waals surface area contributed by atoms with Gasteiger partial charge in [-0.25, -0.2) is 4.98 Å². The predicted octanol–water partition coefficient (Wildman–Crippen LogP) is 2.90. The minimum absolute atomic E-state index is 0.0904. The van der Waals surface area contributed by atoms with Crippen molar-refractivity contribution in [3.63, 3.8) is 0 Å². The molecule has 1 amide bonds. The molecule has 0 aliphatic heterocycles. The Hall–Kier alpha value is -1.62. The highest BCUT2D eigenvalue weighted by Gasteiger charge is 2.26. The first-order valence-corrected chi connectivity index (χ1v) is 6.86. The van der Waals surface area contributed by atoms with Crippen LogP contribution in [-0.4, -0.2) is 39.4 Å². The highest BCUT2D eigenvalue weighted by molar-refractivity contribution is 6.28. The summed E-state index contributed by atoms with van der Waals surface area (Å²) in [6.07, 6.45) is 1.78. The average Bonchev–Trinajstić information content (AvgIpc) is 2.98. The second kappa shape index (κ2) is 5.05. The van der Waals surface area contributed by atoms with Gasteiger partial charge in [-0.15, -0.1) is 0 Å². The summed E-state index contributed by atoms with van der Waals surface area (Å²) >= 11 is 5.90. The van der Waals surface area contributed by atoms with Gasteiger partial charge in [-0.2, -0.15) is 4.98 Å². The maximum absolute atomic E-state index is 12.5. The molecule has 0 bridgehead atoms. The molecule has 0 aromatic carbocycles. The second-order valence-corrected chi connectivity index (χ2v) is 5.45. The van der Waals surface area contributed by atoms with E-state index in [0.717, 1.165) is 5.39 Å². The Kier molecular flexibility index (Phi) is 2.80. The topological polar surface area (TPSA) is 51.0 Å². The minimum atomic E-state index is -0.443. The Morgan fingerprint density at radius 1 is 1.50 bits per heavy atom. The van der Waals surface area contributed by atoms with Crippen molar-refractivity contribution in [2.45, 2.75) is 31.7 Å². The Labute approximate surface area is 125 Å². The van der Waals surface area contributed by atoms with E-state index in [9.17, 15) is 4.79 Å². The van der Waals surface area contributed by atoms with Gasteiger partial charge in [0.2, 0.25) is 5.28 Å². The molecule has 1 fully saturated rings. The fraction of sp³-hybridized carbons (Fsp3) is 0.500. The minimum Gasteiger partial charge on any atom is -0.343 e. The van der Waals surface area contributed by atoms with Crippen LogP contribution in [0.1, 0.15) is 44.9 Å². The van der Waals surface area contributed by atoms with Gasteiger partial charge < -0.3 is 9.47 Å². The van der Waals surface area contributed by atoms with E-state index in [0.29, 0.717) is 24.2 Å². The molecular weight excluding hydrogens is 276 g/mol. The first-order valence-electron chi connectivity index (χ1n) is 7.63. The van der Waals surface area contributed by atoms with Crippen molar-refractivity contribution in [2.75, 3.05) is 14.1 Å². The van der Waals surface area contributed by atoms with Crippen LogP contribution in [0.4, 0.5) is 0 Å². The molecule has 0 radical (unpaired) electrons. The Morgan fingerprint density at radius 3 is 2.85 bits per heavy atom. The van der Waals surface area contributed by atoms with Crippen LogP contribution in [0.5, 0.6) is 0 Å². The third-order valence-corrected chi connectivity index (χ3v) is 3.70. The summed E-state index contributed by atoms with van der Waals surface area (Å²) in [5.41, 5.74) is 1.10. The standard InChI is InChI=1S/C14H17ClN4O/c1-18(2)13(20)11-7-9-8-16-14(15)17-12(9)19(11)10-5-3-4-6-10/h7-8,10H,3-6H2,1-2H3/i3D,4D. The molecule has 2 atom stereocenters. The van der Waals surface area contributed by atoms with Crippen LogP contribution in [-0.2, 0) is 0 Å². The van der Waals surface area contributed by atoms with Crippen LogP contribution in [0, 0.1) is 0 Å². The van der Waals surface area contributed by atoms with Gasteiger partial charge in [0.05, 0.1) is 0 Å². The molecule has 2 aromatic heterocycles. The lowest BCUT2D eigenvalue weighted by Crippen LogP contribution is -2.25. The summed E-state index contributed by atoms with van der Waals surface area (Å²) in [4.78, 5) is 22.2. The molecule has 0 N–H and O–H groups in total. The molecule has 5 nitrogen and oxygen atoms in total. The fourth-order valence-corrected chi connectivity index (χ4v) is 2.69. The molecule has 1 aliphatic carbocycles. The number of carbonyl (C=O) groups excluding carboxylic acids is 1. The summed E-state index contributed by atoms with van der Waals surface area (Å²) < 4.78 is 17.7. The zero-order chi connectivity index (χ0) is 16.0. The number of aromatic nitrogens is 3. The van der Waals surface area contributed by atoms with Gasteiger partial charge >= 0.3 is 0 Å². The quantitative estimate of drug-likeness (QED) is 0.800. The SMILES string of the molecule is [2H]C1CC(n2c(C(=O)N(C)C)cc3cnc(Cl)nc32)CC1[2H]. The summed E-state index contributed by atoms with van der Waals surface area (Å²) in [6.45, 7) is 0. The molecule has 0 saturated heterocycles. The molecule has 0 spiro atoms. The number of rotatable bonds is 2. The molecule has 20 heavy (non-hydrogen) atoms. The summed E-state index contributed by atoms with van der Waals surface area (Å²) in [5, 5.41) is 0.864. The van der Waals surface area contributed by atoms with Crippen molar-refractivity contribution in [3.8, 4) is 0 Å². The van der Waals surface area contributed by atoms with Gasteiger partial charge in [0, 0.05) is 34.5 Å². The molecule has 3 rings (SSSR count). The Morgan fingerprint density at radius 2 is 2.20 bits per heavy atom. The number of nitrogens with zero attached hydrogens (tertiary/aromatic N) is 4. The Bertz CT molecular complexity index is 723. The van der Waals surface area contributed by atoms with E-state index in [1.165, 1.54) is 4.90 Å². The van der Waals surface area contributed by atoms with E-state index in [1.807, 2.05) is 4.57 Å². The highest BCUT2D eigenvalue weighted by atomic mass is 35.5. The predicted molar refractivity (Wildman–Crippen MR) is 78.1 cm³/mol. The molecule has 6 heteroatoms. The van der Waals surface area contributed by atoms with Crippen molar-refractivity contribution in [1.82, 2.24) is 19.4 Å². The lowest BCUT2D eigenvalue weighted by atomic mass is 10.2. The van der Waals surface area contributed by atoms with Crippen LogP contribution in [0.3, 0.4) is 0 Å². The highest BCUT2D eigenvalue weighted by Crippen LogP contribution is 2.34. The molecule has 1 saturated carbocycles. The number of carbonyl (C=O) groups is 1. The molecule has 2 unspecified atom stereocenters. The van der Waals surface area contributed by atoms with Gasteiger partial charge in [-0.3, -0.25) is 4.79 Å². The molecule has 1 aliphatic rings. The third-order valence-electron chi connectivity index (χ3n) is 3.52. The first kappa shape index (κ1) is 11.1. The van der Waals surface area contributed by atoms with E-state index in [-0.39, 0.29) is 17.2 Å². The van der Waals surface area contributed by atoms with Crippen LogP contribution >= 0.6 is 11.6 Å². The van der Waals surface area contributed by atoms with E-state index >= 15 is 0 Å². The van der Waals surface area contributed by atoms with Gasteiger partial charge in [0.25, 0.3) is 5.91 Å². The van der Waals surface area contributed by atoms with E-state index in [4.69, 9.17) is 14.3 Å². The van der Waals surface area contributed by atoms with Gasteiger partial charge in [-0.05, 0) is 30.5 Å². The zero-order valence-corrected chi connectivity index (χ0v) is 12.1. The van der Waals surface area contributed by atoms with Crippen LogP contribution in [0.25, 0.3) is 11.0 Å². The lowest BCUT2D eigenvalue weighted by Gasteiger charge is -2.18. The van der Waals surface area contributed by atoms with Gasteiger partial charge in [0.1, 0.15) is 11.3 Å². The number of amides is 1. The number of halogens is 1. The largest absolute Gasteiger partial charge is 0.343 e. The molecule has 106 valence electrons. The number of fused-ring (bicyclic) bond motifs is 1. The van der Waals surface area contributed by atoms with Crippen LogP contribution < -0.4 is 0 Å². The van der Waals surface area contributed by atoms with Crippen molar-refractivity contribution in [1.29, 1.82) is 0 Å². The third kappa shape index (κ3) is 2.16. The van der Waals surface area contributed by atoms with E-state index in [2.05, 4.69) is 9.97 Å². The molecule has 2 aromatic rings. The van der Waals surface area contributed by atoms with E-state index < -0.39 is 12.8 Å². The van der Waals surface area contributed by atoms with Gasteiger partial charge in [0.15, 0.2) is 0 Å². The smallest absolute Gasteiger partial charge is 0.270 e. The van der Waals surface area contributed by atoms with Crippen LogP contribution in [0.15, 0.2) is 12.3 Å². The van der Waals surface area contributed by atoms with Crippen LogP contribution in [0.2, 0.25) is 5.28 Å². The maximum atomic E-state index is 12.5. The van der Waals surface area contributed by atoms with E-state index in [1.54, 1.807) is 26.4 Å². The molecule has 2 heterocycles.